The highest BCUT2D eigenvalue weighted by Crippen LogP contribution is 2.41. The highest BCUT2D eigenvalue weighted by atomic mass is 32.2. The summed E-state index contributed by atoms with van der Waals surface area (Å²) >= 11 is 3.17. The molecule has 3 aromatic rings. The van der Waals surface area contributed by atoms with E-state index in [4.69, 9.17) is 4.98 Å². The smallest absolute Gasteiger partial charge is 0.175 e. The molecule has 1 aromatic carbocycles. The third kappa shape index (κ3) is 4.32. The van der Waals surface area contributed by atoms with Gasteiger partial charge in [0.05, 0.1) is 20.4 Å². The maximum absolute atomic E-state index is 13.4. The zero-order valence-corrected chi connectivity index (χ0v) is 18.2. The molecule has 0 radical (unpaired) electrons. The minimum atomic E-state index is -3.30. The Kier molecular flexibility index (Phi) is 5.38. The van der Waals surface area contributed by atoms with Crippen LogP contribution in [0.25, 0.3) is 26.7 Å². The van der Waals surface area contributed by atoms with Crippen molar-refractivity contribution in [3.63, 3.8) is 0 Å². The Hall–Kier alpha value is -2.35. The van der Waals surface area contributed by atoms with Crippen LogP contribution in [0.2, 0.25) is 0 Å². The topological polar surface area (TPSA) is 47.0 Å². The van der Waals surface area contributed by atoms with E-state index >= 15 is 0 Å². The quantitative estimate of drug-likeness (QED) is 0.483. The van der Waals surface area contributed by atoms with E-state index in [1.54, 1.807) is 47.0 Å². The fourth-order valence-electron chi connectivity index (χ4n) is 3.10. The second-order valence-corrected chi connectivity index (χ2v) is 10.8. The average molecular weight is 444 g/mol. The van der Waals surface area contributed by atoms with E-state index in [9.17, 15) is 12.8 Å². The highest BCUT2D eigenvalue weighted by molar-refractivity contribution is 7.94. The third-order valence-corrected chi connectivity index (χ3v) is 7.74. The molecule has 1 aliphatic carbocycles. The van der Waals surface area contributed by atoms with Gasteiger partial charge in [-0.2, -0.15) is 0 Å². The van der Waals surface area contributed by atoms with Crippen molar-refractivity contribution in [2.45, 2.75) is 6.92 Å². The molecule has 4 rings (SSSR count). The minimum absolute atomic E-state index is 0.0573. The third-order valence-electron chi connectivity index (χ3n) is 4.46. The normalized spacial score (nSPS) is 17.0. The van der Waals surface area contributed by atoms with E-state index in [0.717, 1.165) is 31.6 Å². The number of allylic oxidation sites excluding steroid dienone is 5. The molecule has 0 saturated heterocycles. The van der Waals surface area contributed by atoms with E-state index in [0.29, 0.717) is 4.91 Å². The molecule has 2 aromatic heterocycles. The van der Waals surface area contributed by atoms with Gasteiger partial charge >= 0.3 is 0 Å². The molecule has 7 heteroatoms. The SMILES string of the molecule is CC1C=C(c2sc(-c3cccs3)nc2-c2ccc(F)cc2)C=CC(S(C)(=O)=O)=C1. The number of aromatic nitrogens is 1. The van der Waals surface area contributed by atoms with Crippen molar-refractivity contribution < 1.29 is 12.8 Å². The number of thiazole rings is 1. The number of halogens is 1. The largest absolute Gasteiger partial charge is 0.235 e. The van der Waals surface area contributed by atoms with Crippen LogP contribution in [0.1, 0.15) is 11.8 Å². The molecule has 29 heavy (non-hydrogen) atoms. The predicted octanol–water partition coefficient (Wildman–Crippen LogP) is 6.20. The van der Waals surface area contributed by atoms with E-state index in [-0.39, 0.29) is 11.7 Å². The van der Waals surface area contributed by atoms with Gasteiger partial charge in [-0.25, -0.2) is 17.8 Å². The van der Waals surface area contributed by atoms with Crippen molar-refractivity contribution in [3.8, 4) is 21.1 Å². The summed E-state index contributed by atoms with van der Waals surface area (Å²) in [5.41, 5.74) is 2.50. The maximum Gasteiger partial charge on any atom is 0.175 e. The zero-order chi connectivity index (χ0) is 20.6. The van der Waals surface area contributed by atoms with Gasteiger partial charge in [0.1, 0.15) is 10.8 Å². The first-order chi connectivity index (χ1) is 13.8. The maximum atomic E-state index is 13.4. The lowest BCUT2D eigenvalue weighted by Crippen LogP contribution is -1.99. The first-order valence-electron chi connectivity index (χ1n) is 8.94. The molecule has 1 aliphatic rings. The number of hydrogen-bond acceptors (Lipinski definition) is 5. The fraction of sp³-hybridized carbons (Fsp3) is 0.136. The molecule has 2 heterocycles. The van der Waals surface area contributed by atoms with Crippen LogP contribution in [0, 0.1) is 11.7 Å². The van der Waals surface area contributed by atoms with Gasteiger partial charge in [-0.15, -0.1) is 22.7 Å². The van der Waals surface area contributed by atoms with Crippen LogP contribution >= 0.6 is 22.7 Å². The van der Waals surface area contributed by atoms with Crippen LogP contribution in [0.3, 0.4) is 0 Å². The summed E-state index contributed by atoms with van der Waals surface area (Å²) in [4.78, 5) is 7.15. The van der Waals surface area contributed by atoms with E-state index in [1.807, 2.05) is 36.6 Å². The summed E-state index contributed by atoms with van der Waals surface area (Å²) < 4.78 is 37.5. The number of rotatable bonds is 4. The second kappa shape index (κ2) is 7.82. The van der Waals surface area contributed by atoms with Gasteiger partial charge < -0.3 is 0 Å². The van der Waals surface area contributed by atoms with Crippen LogP contribution in [-0.2, 0) is 9.84 Å². The van der Waals surface area contributed by atoms with Crippen molar-refractivity contribution >= 4 is 38.1 Å². The number of hydrogen-bond donors (Lipinski definition) is 0. The van der Waals surface area contributed by atoms with Gasteiger partial charge in [0.15, 0.2) is 9.84 Å². The van der Waals surface area contributed by atoms with Gasteiger partial charge in [-0.3, -0.25) is 0 Å². The van der Waals surface area contributed by atoms with Crippen molar-refractivity contribution in [2.24, 2.45) is 5.92 Å². The van der Waals surface area contributed by atoms with E-state index < -0.39 is 9.84 Å². The molecule has 148 valence electrons. The summed E-state index contributed by atoms with van der Waals surface area (Å²) in [6.45, 7) is 1.96. The Morgan fingerprint density at radius 3 is 2.48 bits per heavy atom. The Bertz CT molecular complexity index is 1230. The highest BCUT2D eigenvalue weighted by Gasteiger charge is 2.20. The minimum Gasteiger partial charge on any atom is -0.235 e. The average Bonchev–Trinajstić information content (AvgIpc) is 3.29. The summed E-state index contributed by atoms with van der Waals surface area (Å²) in [6, 6.07) is 10.3. The lowest BCUT2D eigenvalue weighted by molar-refractivity contribution is 0.608. The first-order valence-corrected chi connectivity index (χ1v) is 12.5. The van der Waals surface area contributed by atoms with Gasteiger partial charge in [0.25, 0.3) is 0 Å². The van der Waals surface area contributed by atoms with Crippen molar-refractivity contribution in [1.82, 2.24) is 4.98 Å². The molecular weight excluding hydrogens is 425 g/mol. The molecule has 0 fully saturated rings. The number of benzene rings is 1. The summed E-state index contributed by atoms with van der Waals surface area (Å²) in [7, 11) is -3.30. The van der Waals surface area contributed by atoms with Crippen LogP contribution < -0.4 is 0 Å². The number of thiophene rings is 1. The molecule has 0 bridgehead atoms. The molecule has 1 atom stereocenters. The standard InChI is InChI=1S/C22H18FNO2S3/c1-14-12-16(7-10-18(13-14)29(2,25)26)21-20(15-5-8-17(23)9-6-15)24-22(28-21)19-4-3-11-27-19/h3-14H,1-2H3. The second-order valence-electron chi connectivity index (χ2n) is 6.84. The lowest BCUT2D eigenvalue weighted by atomic mass is 10.0. The van der Waals surface area contributed by atoms with Crippen molar-refractivity contribution in [1.29, 1.82) is 0 Å². The Balaban J connectivity index is 1.85. The summed E-state index contributed by atoms with van der Waals surface area (Å²) in [6.07, 6.45) is 8.47. The van der Waals surface area contributed by atoms with Crippen molar-refractivity contribution in [2.75, 3.05) is 6.26 Å². The molecule has 0 aliphatic heterocycles. The van der Waals surface area contributed by atoms with E-state index in [2.05, 4.69) is 0 Å². The van der Waals surface area contributed by atoms with Crippen LogP contribution in [-0.4, -0.2) is 19.7 Å². The zero-order valence-electron chi connectivity index (χ0n) is 15.8. The molecule has 0 saturated carbocycles. The Labute approximate surface area is 177 Å². The van der Waals surface area contributed by atoms with Crippen LogP contribution in [0.4, 0.5) is 4.39 Å². The summed E-state index contributed by atoms with van der Waals surface area (Å²) in [5.74, 6) is -0.355. The molecule has 1 unspecified atom stereocenters. The molecule has 3 nitrogen and oxygen atoms in total. The molecule has 0 amide bonds. The number of sulfone groups is 1. The molecule has 0 spiro atoms. The molecular formula is C22H18FNO2S3. The monoisotopic (exact) mass is 443 g/mol. The van der Waals surface area contributed by atoms with Gasteiger partial charge in [0.2, 0.25) is 0 Å². The predicted molar refractivity (Wildman–Crippen MR) is 120 cm³/mol. The van der Waals surface area contributed by atoms with Crippen LogP contribution in [0.15, 0.2) is 71.0 Å². The molecule has 0 N–H and O–H groups in total. The Morgan fingerprint density at radius 2 is 1.83 bits per heavy atom. The van der Waals surface area contributed by atoms with Gasteiger partial charge in [0, 0.05) is 11.8 Å². The van der Waals surface area contributed by atoms with Gasteiger partial charge in [-0.1, -0.05) is 31.2 Å². The van der Waals surface area contributed by atoms with Crippen LogP contribution in [0.5, 0.6) is 0 Å². The Morgan fingerprint density at radius 1 is 1.07 bits per heavy atom. The van der Waals surface area contributed by atoms with E-state index in [1.165, 1.54) is 18.4 Å². The first kappa shape index (κ1) is 19.9. The fourth-order valence-corrected chi connectivity index (χ4v) is 5.76. The lowest BCUT2D eigenvalue weighted by Gasteiger charge is -2.05. The number of nitrogens with zero attached hydrogens (tertiary/aromatic N) is 1. The summed E-state index contributed by atoms with van der Waals surface area (Å²) in [5, 5.41) is 2.89. The van der Waals surface area contributed by atoms with Gasteiger partial charge in [-0.05, 0) is 53.3 Å². The van der Waals surface area contributed by atoms with Crippen molar-refractivity contribution in [3.05, 3.63) is 81.7 Å².